The van der Waals surface area contributed by atoms with Gasteiger partial charge in [-0.1, -0.05) is 11.6 Å². The van der Waals surface area contributed by atoms with E-state index in [4.69, 9.17) is 31.3 Å². The highest BCUT2D eigenvalue weighted by Crippen LogP contribution is 2.71. The van der Waals surface area contributed by atoms with Gasteiger partial charge in [0.1, 0.15) is 5.69 Å². The van der Waals surface area contributed by atoms with Crippen LogP contribution in [-0.4, -0.2) is 83.1 Å². The average molecular weight is 483 g/mol. The van der Waals surface area contributed by atoms with Crippen LogP contribution in [0, 0.1) is 5.41 Å². The molecule has 2 aliphatic heterocycles. The molecule has 3 aromatic rings. The van der Waals surface area contributed by atoms with Crippen molar-refractivity contribution in [2.24, 2.45) is 5.41 Å². The van der Waals surface area contributed by atoms with Crippen LogP contribution in [0.4, 0.5) is 5.69 Å². The number of benzene rings is 1. The summed E-state index contributed by atoms with van der Waals surface area (Å²) in [6.45, 7) is 8.78. The van der Waals surface area contributed by atoms with Crippen LogP contribution >= 0.6 is 11.6 Å². The van der Waals surface area contributed by atoms with E-state index in [2.05, 4.69) is 33.7 Å². The predicted molar refractivity (Wildman–Crippen MR) is 131 cm³/mol. The van der Waals surface area contributed by atoms with E-state index in [9.17, 15) is 0 Å². The minimum atomic E-state index is 0.177. The molecule has 0 amide bonds. The summed E-state index contributed by atoms with van der Waals surface area (Å²) in [5, 5.41) is 11.3. The molecule has 3 aliphatic carbocycles. The summed E-state index contributed by atoms with van der Waals surface area (Å²) in [4.78, 5) is 4.96. The highest BCUT2D eigenvalue weighted by molar-refractivity contribution is 6.34. The molecule has 180 valence electrons. The quantitative estimate of drug-likeness (QED) is 0.537. The maximum Gasteiger partial charge on any atom is 0.103 e. The monoisotopic (exact) mass is 482 g/mol. The summed E-state index contributed by atoms with van der Waals surface area (Å²) in [6, 6.07) is 4.24. The largest absolute Gasteiger partial charge is 0.384 e. The second kappa shape index (κ2) is 7.20. The lowest BCUT2D eigenvalue weighted by atomic mass is 9.39. The molecule has 0 N–H and O–H groups in total. The number of methoxy groups -OCH3 is 1. The second-order valence-corrected chi connectivity index (χ2v) is 11.6. The fraction of sp³-hybridized carbons (Fsp3) is 0.600. The van der Waals surface area contributed by atoms with Gasteiger partial charge < -0.3 is 14.4 Å². The van der Waals surface area contributed by atoms with Gasteiger partial charge in [-0.3, -0.25) is 9.58 Å². The Kier molecular flexibility index (Phi) is 4.48. The summed E-state index contributed by atoms with van der Waals surface area (Å²) in [5.74, 6) is 0. The van der Waals surface area contributed by atoms with E-state index in [0.29, 0.717) is 5.41 Å². The lowest BCUT2D eigenvalue weighted by Crippen LogP contribution is -2.69. The summed E-state index contributed by atoms with van der Waals surface area (Å²) in [5.41, 5.74) is 3.90. The Morgan fingerprint density at radius 3 is 2.50 bits per heavy atom. The molecule has 1 aromatic carbocycles. The fourth-order valence-corrected chi connectivity index (χ4v) is 7.17. The Balaban J connectivity index is 1.13. The van der Waals surface area contributed by atoms with Crippen LogP contribution in [-0.2, 0) is 15.0 Å². The van der Waals surface area contributed by atoms with Gasteiger partial charge in [-0.25, -0.2) is 4.68 Å². The van der Waals surface area contributed by atoms with Gasteiger partial charge in [-0.05, 0) is 38.3 Å². The Hall–Kier alpha value is -2.13. The number of hydrogen-bond donors (Lipinski definition) is 0. The highest BCUT2D eigenvalue weighted by Gasteiger charge is 2.69. The Labute approximate surface area is 204 Å². The molecule has 0 unspecified atom stereocenters. The van der Waals surface area contributed by atoms with Crippen LogP contribution in [0.15, 0.2) is 30.7 Å². The summed E-state index contributed by atoms with van der Waals surface area (Å²) < 4.78 is 15.0. The maximum absolute atomic E-state index is 6.75. The van der Waals surface area contributed by atoms with Crippen molar-refractivity contribution < 1.29 is 9.47 Å². The van der Waals surface area contributed by atoms with E-state index < -0.39 is 0 Å². The number of ether oxygens (including phenoxy) is 2. The fourth-order valence-electron chi connectivity index (χ4n) is 6.87. The second-order valence-electron chi connectivity index (χ2n) is 11.2. The zero-order valence-electron chi connectivity index (χ0n) is 19.8. The Morgan fingerprint density at radius 1 is 1.06 bits per heavy atom. The predicted octanol–water partition coefficient (Wildman–Crippen LogP) is 3.31. The maximum atomic E-state index is 6.75. The molecular weight excluding hydrogens is 452 g/mol. The standard InChI is InChI=1S/C25H31ClN6O2/c1-23(15-34-16-23)30-5-3-29(4-6-30)22-8-21-18(7-20(22)26)9-28-32(21)19-10-27-31(11-19)25-12-24(13-25,14-25)17-33-2/h7-11H,3-6,12-17H2,1-2H3. The van der Waals surface area contributed by atoms with Gasteiger partial charge in [0.15, 0.2) is 0 Å². The minimum Gasteiger partial charge on any atom is -0.384 e. The van der Waals surface area contributed by atoms with Gasteiger partial charge in [-0.15, -0.1) is 0 Å². The van der Waals surface area contributed by atoms with Gasteiger partial charge >= 0.3 is 0 Å². The molecule has 0 spiro atoms. The molecule has 9 heteroatoms. The van der Waals surface area contributed by atoms with Gasteiger partial charge in [-0.2, -0.15) is 10.2 Å². The van der Waals surface area contributed by atoms with Crippen molar-refractivity contribution in [3.63, 3.8) is 0 Å². The SMILES string of the molecule is COCC12CC(n3cc(-n4ncc5cc(Cl)c(N6CCN(C7(C)COC7)CC6)cc54)cn3)(C1)C2. The number of piperazine rings is 1. The summed E-state index contributed by atoms with van der Waals surface area (Å²) in [6.07, 6.45) is 9.45. The van der Waals surface area contributed by atoms with Crippen molar-refractivity contribution in [3.05, 3.63) is 35.7 Å². The van der Waals surface area contributed by atoms with Crippen LogP contribution < -0.4 is 4.90 Å². The van der Waals surface area contributed by atoms with Gasteiger partial charge in [0.25, 0.3) is 0 Å². The van der Waals surface area contributed by atoms with Crippen molar-refractivity contribution in [1.82, 2.24) is 24.5 Å². The number of aromatic nitrogens is 4. The number of halogens is 1. The summed E-state index contributed by atoms with van der Waals surface area (Å²) in [7, 11) is 1.80. The first-order valence-corrected chi connectivity index (χ1v) is 12.6. The van der Waals surface area contributed by atoms with Gasteiger partial charge in [0.05, 0.1) is 65.7 Å². The van der Waals surface area contributed by atoms with Crippen molar-refractivity contribution in [2.45, 2.75) is 37.3 Å². The zero-order valence-corrected chi connectivity index (χ0v) is 20.6. The molecule has 34 heavy (non-hydrogen) atoms. The number of rotatable bonds is 6. The smallest absolute Gasteiger partial charge is 0.103 e. The van der Waals surface area contributed by atoms with Crippen LogP contribution in [0.25, 0.3) is 16.6 Å². The van der Waals surface area contributed by atoms with E-state index in [0.717, 1.165) is 92.6 Å². The molecule has 0 atom stereocenters. The van der Waals surface area contributed by atoms with Crippen molar-refractivity contribution in [1.29, 1.82) is 0 Å². The van der Waals surface area contributed by atoms with Crippen molar-refractivity contribution >= 4 is 28.2 Å². The normalized spacial score (nSPS) is 30.1. The van der Waals surface area contributed by atoms with E-state index in [1.54, 1.807) is 7.11 Å². The minimum absolute atomic E-state index is 0.177. The van der Waals surface area contributed by atoms with Gasteiger partial charge in [0, 0.05) is 44.1 Å². The third-order valence-electron chi connectivity index (χ3n) is 8.71. The number of hydrogen-bond acceptors (Lipinski definition) is 6. The molecule has 8 rings (SSSR count). The highest BCUT2D eigenvalue weighted by atomic mass is 35.5. The third kappa shape index (κ3) is 2.95. The van der Waals surface area contributed by atoms with E-state index in [-0.39, 0.29) is 11.1 Å². The number of nitrogens with zero attached hydrogens (tertiary/aromatic N) is 6. The van der Waals surface area contributed by atoms with Crippen LogP contribution in [0.1, 0.15) is 26.2 Å². The molecular formula is C25H31ClN6O2. The van der Waals surface area contributed by atoms with Crippen LogP contribution in [0.5, 0.6) is 0 Å². The first kappa shape index (κ1) is 21.2. The molecule has 2 bridgehead atoms. The van der Waals surface area contributed by atoms with Crippen LogP contribution in [0.2, 0.25) is 5.02 Å². The Bertz CT molecular complexity index is 1240. The first-order chi connectivity index (χ1) is 16.4. The third-order valence-corrected chi connectivity index (χ3v) is 9.01. The van der Waals surface area contributed by atoms with Crippen molar-refractivity contribution in [3.8, 4) is 5.69 Å². The first-order valence-electron chi connectivity index (χ1n) is 12.2. The number of anilines is 1. The topological polar surface area (TPSA) is 60.6 Å². The molecule has 2 saturated heterocycles. The van der Waals surface area contributed by atoms with Gasteiger partial charge in [0.2, 0.25) is 0 Å². The molecule has 2 aromatic heterocycles. The Morgan fingerprint density at radius 2 is 1.82 bits per heavy atom. The van der Waals surface area contributed by atoms with Crippen LogP contribution in [0.3, 0.4) is 0 Å². The van der Waals surface area contributed by atoms with Crippen molar-refractivity contribution in [2.75, 3.05) is 58.0 Å². The molecule has 4 heterocycles. The van der Waals surface area contributed by atoms with E-state index in [1.165, 1.54) is 0 Å². The van der Waals surface area contributed by atoms with E-state index in [1.807, 2.05) is 23.1 Å². The summed E-state index contributed by atoms with van der Waals surface area (Å²) >= 11 is 6.75. The number of fused-ring (bicyclic) bond motifs is 1. The molecule has 5 fully saturated rings. The molecule has 0 radical (unpaired) electrons. The lowest BCUT2D eigenvalue weighted by Gasteiger charge is -2.70. The molecule has 3 saturated carbocycles. The van der Waals surface area contributed by atoms with E-state index >= 15 is 0 Å². The zero-order chi connectivity index (χ0) is 23.1. The molecule has 5 aliphatic rings. The lowest BCUT2D eigenvalue weighted by molar-refractivity contribution is -0.217. The molecule has 8 nitrogen and oxygen atoms in total. The average Bonchev–Trinajstić information content (AvgIpc) is 3.40.